The first kappa shape index (κ1) is 42.9. The smallest absolute Gasteiger partial charge is 0.351 e. The summed E-state index contributed by atoms with van der Waals surface area (Å²) in [6.45, 7) is 1.18. The topological polar surface area (TPSA) is 136 Å². The van der Waals surface area contributed by atoms with Gasteiger partial charge in [0.05, 0.1) is 46.0 Å². The molecule has 0 saturated carbocycles. The number of hydrogen-bond acceptors (Lipinski definition) is 12. The lowest BCUT2D eigenvalue weighted by molar-refractivity contribution is -0.0922. The van der Waals surface area contributed by atoms with Crippen LogP contribution in [-0.4, -0.2) is 117 Å². The fraction of sp³-hybridized carbons (Fsp3) is 0.442. The van der Waals surface area contributed by atoms with Crippen LogP contribution in [0.2, 0.25) is 0 Å². The maximum Gasteiger partial charge on any atom is 0.351 e. The molecule has 15 heteroatoms. The molecule has 0 bridgehead atoms. The van der Waals surface area contributed by atoms with Crippen molar-refractivity contribution in [2.75, 3.05) is 69.2 Å². The Morgan fingerprint density at radius 3 is 2.10 bits per heavy atom. The lowest BCUT2D eigenvalue weighted by Gasteiger charge is -2.38. The van der Waals surface area contributed by atoms with E-state index in [9.17, 15) is 10.1 Å². The number of ether oxygens (including phenoxy) is 4. The van der Waals surface area contributed by atoms with Crippen LogP contribution in [0.3, 0.4) is 0 Å². The second kappa shape index (κ2) is 19.8. The minimum absolute atomic E-state index is 0.0599. The number of nitriles is 1. The van der Waals surface area contributed by atoms with Crippen LogP contribution in [0.15, 0.2) is 101 Å². The van der Waals surface area contributed by atoms with Gasteiger partial charge in [-0.05, 0) is 81.6 Å². The molecule has 0 amide bonds. The summed E-state index contributed by atoms with van der Waals surface area (Å²) in [7, 11) is 11.5. The molecule has 6 rings (SSSR count). The number of hydrogen-bond donors (Lipinski definition) is 0. The van der Waals surface area contributed by atoms with Crippen LogP contribution in [0.5, 0.6) is 11.5 Å². The highest BCUT2D eigenvalue weighted by Gasteiger charge is 2.45. The minimum Gasteiger partial charge on any atom is -0.497 e. The first-order valence-electron chi connectivity index (χ1n) is 19.4. The molecule has 58 heavy (non-hydrogen) atoms. The van der Waals surface area contributed by atoms with Gasteiger partial charge in [0.1, 0.15) is 41.2 Å². The van der Waals surface area contributed by atoms with Crippen molar-refractivity contribution in [2.45, 2.75) is 55.6 Å². The van der Waals surface area contributed by atoms with Gasteiger partial charge in [0.2, 0.25) is 8.38 Å². The van der Waals surface area contributed by atoms with Gasteiger partial charge >= 0.3 is 5.69 Å². The normalized spacial score (nSPS) is 19.6. The van der Waals surface area contributed by atoms with Crippen LogP contribution >= 0.6 is 8.38 Å². The zero-order valence-electron chi connectivity index (χ0n) is 34.4. The third-order valence-electron chi connectivity index (χ3n) is 10.3. The summed E-state index contributed by atoms with van der Waals surface area (Å²) < 4.78 is 40.0. The van der Waals surface area contributed by atoms with Crippen molar-refractivity contribution in [3.05, 3.63) is 118 Å². The van der Waals surface area contributed by atoms with E-state index in [1.807, 2.05) is 124 Å². The molecule has 4 atom stereocenters. The third kappa shape index (κ3) is 9.76. The van der Waals surface area contributed by atoms with E-state index in [2.05, 4.69) is 20.9 Å². The van der Waals surface area contributed by atoms with E-state index in [4.69, 9.17) is 28.0 Å². The van der Waals surface area contributed by atoms with Crippen molar-refractivity contribution < 1.29 is 28.0 Å². The van der Waals surface area contributed by atoms with E-state index in [0.717, 1.165) is 41.9 Å². The van der Waals surface area contributed by atoms with Gasteiger partial charge in [-0.15, -0.1) is 0 Å². The van der Waals surface area contributed by atoms with Crippen molar-refractivity contribution in [3.8, 4) is 17.6 Å². The number of benzene rings is 3. The molecule has 2 fully saturated rings. The second-order valence-electron chi connectivity index (χ2n) is 14.7. The molecule has 3 aromatic carbocycles. The molecular weight excluding hydrogens is 757 g/mol. The van der Waals surface area contributed by atoms with Gasteiger partial charge in [-0.2, -0.15) is 10.2 Å². The highest BCUT2D eigenvalue weighted by Crippen LogP contribution is 2.50. The Hall–Kier alpha value is -4.71. The zero-order chi connectivity index (χ0) is 41.2. The third-order valence-corrected chi connectivity index (χ3v) is 12.5. The van der Waals surface area contributed by atoms with E-state index in [1.165, 1.54) is 4.57 Å². The molecule has 308 valence electrons. The largest absolute Gasteiger partial charge is 0.497 e. The molecule has 2 aliphatic heterocycles. The SMILES string of the molecule is COc1ccc(C(OC[C@H]2O[C@@H](n3ccc(/N=C4/CCCN4C)nc3=O)CC2OP(OCCC#N)C(N(C)C)N(C)C)(c2ccccc2)c2ccc(OC)cc2)cc1. The van der Waals surface area contributed by atoms with Crippen molar-refractivity contribution >= 4 is 20.0 Å². The Morgan fingerprint density at radius 2 is 1.57 bits per heavy atom. The number of aromatic nitrogens is 2. The van der Waals surface area contributed by atoms with Crippen LogP contribution in [-0.2, 0) is 24.1 Å². The average molecular weight is 812 g/mol. The summed E-state index contributed by atoms with van der Waals surface area (Å²) in [5.41, 5.74) is 1.02. The zero-order valence-corrected chi connectivity index (χ0v) is 35.2. The van der Waals surface area contributed by atoms with Crippen molar-refractivity contribution in [1.82, 2.24) is 24.3 Å². The maximum atomic E-state index is 13.7. The van der Waals surface area contributed by atoms with Crippen molar-refractivity contribution in [2.24, 2.45) is 4.99 Å². The molecule has 0 N–H and O–H groups in total. The molecule has 3 heterocycles. The minimum atomic E-state index is -1.64. The lowest BCUT2D eigenvalue weighted by atomic mass is 9.80. The first-order valence-corrected chi connectivity index (χ1v) is 20.6. The van der Waals surface area contributed by atoms with Gasteiger partial charge in [-0.25, -0.2) is 9.79 Å². The highest BCUT2D eigenvalue weighted by molar-refractivity contribution is 7.47. The monoisotopic (exact) mass is 811 g/mol. The number of rotatable bonds is 18. The molecule has 0 spiro atoms. The van der Waals surface area contributed by atoms with Gasteiger partial charge in [0.15, 0.2) is 5.82 Å². The average Bonchev–Trinajstić information content (AvgIpc) is 3.83. The van der Waals surface area contributed by atoms with Crippen LogP contribution in [0, 0.1) is 11.3 Å². The van der Waals surface area contributed by atoms with Crippen LogP contribution in [0.25, 0.3) is 0 Å². The molecule has 2 aliphatic rings. The number of likely N-dealkylation sites (tertiary alicyclic amines) is 1. The standard InChI is InChI=1S/C43H54N7O7P/c1-47(2)42(48(3)4)58(55-28-12-25-44)57-36-29-40(50-27-24-38(46-41(50)51)45-39-15-11-26-49(39)5)56-37(36)30-54-43(31-13-9-8-10-14-31,32-16-20-34(52-6)21-17-32)33-18-22-35(53-7)23-19-33/h8-10,13-14,16-24,27,36-37,40,42H,11-12,15,26,28-30H2,1-7H3/b45-39-/t36?,37-,40-,58?/m1/s1. The molecule has 4 aromatic rings. The Kier molecular flexibility index (Phi) is 14.7. The molecule has 2 saturated heterocycles. The molecule has 0 aliphatic carbocycles. The van der Waals surface area contributed by atoms with Crippen molar-refractivity contribution in [3.63, 3.8) is 0 Å². The molecule has 0 radical (unpaired) electrons. The molecule has 2 unspecified atom stereocenters. The predicted molar refractivity (Wildman–Crippen MR) is 223 cm³/mol. The van der Waals surface area contributed by atoms with Gasteiger partial charge < -0.3 is 32.9 Å². The fourth-order valence-electron chi connectivity index (χ4n) is 7.47. The van der Waals surface area contributed by atoms with E-state index in [1.54, 1.807) is 26.5 Å². The fourth-order valence-corrected chi connectivity index (χ4v) is 9.29. The number of methoxy groups -OCH3 is 2. The summed E-state index contributed by atoms with van der Waals surface area (Å²) >= 11 is 0. The van der Waals surface area contributed by atoms with Gasteiger partial charge in [0, 0.05) is 32.6 Å². The Balaban J connectivity index is 1.40. The Bertz CT molecular complexity index is 2000. The van der Waals surface area contributed by atoms with E-state index in [-0.39, 0.29) is 25.5 Å². The molecule has 1 aromatic heterocycles. The molecule has 14 nitrogen and oxygen atoms in total. The number of nitrogens with zero attached hydrogens (tertiary/aromatic N) is 7. The lowest BCUT2D eigenvalue weighted by Crippen LogP contribution is -2.42. The van der Waals surface area contributed by atoms with Gasteiger partial charge in [-0.3, -0.25) is 14.4 Å². The van der Waals surface area contributed by atoms with Crippen LogP contribution in [0.4, 0.5) is 5.82 Å². The van der Waals surface area contributed by atoms with Crippen LogP contribution in [0.1, 0.15) is 48.6 Å². The highest BCUT2D eigenvalue weighted by atomic mass is 31.2. The summed E-state index contributed by atoms with van der Waals surface area (Å²) in [5, 5.41) is 9.36. The summed E-state index contributed by atoms with van der Waals surface area (Å²) in [6, 6.07) is 29.6. The maximum absolute atomic E-state index is 13.7. The van der Waals surface area contributed by atoms with E-state index < -0.39 is 38.1 Å². The Morgan fingerprint density at radius 1 is 0.948 bits per heavy atom. The molecular formula is C43H54N7O7P. The Labute approximate surface area is 342 Å². The first-order chi connectivity index (χ1) is 28.1. The van der Waals surface area contributed by atoms with E-state index in [0.29, 0.717) is 23.7 Å². The summed E-state index contributed by atoms with van der Waals surface area (Å²) in [5.74, 6) is 2.43. The second-order valence-corrected chi connectivity index (χ2v) is 16.2. The predicted octanol–water partition coefficient (Wildman–Crippen LogP) is 6.35. The van der Waals surface area contributed by atoms with Crippen LogP contribution < -0.4 is 15.2 Å². The quantitative estimate of drug-likeness (QED) is 0.0480. The van der Waals surface area contributed by atoms with E-state index >= 15 is 0 Å². The van der Waals surface area contributed by atoms with Crippen molar-refractivity contribution in [1.29, 1.82) is 5.26 Å². The summed E-state index contributed by atoms with van der Waals surface area (Å²) in [6.07, 6.45) is 2.08. The number of amidine groups is 1. The van der Waals surface area contributed by atoms with Gasteiger partial charge in [-0.1, -0.05) is 54.6 Å². The summed E-state index contributed by atoms with van der Waals surface area (Å²) in [4.78, 5) is 28.8. The van der Waals surface area contributed by atoms with Gasteiger partial charge in [0.25, 0.3) is 0 Å². The number of aliphatic imine (C=N–C) groups is 1.